The Morgan fingerprint density at radius 3 is 2.44 bits per heavy atom. The fourth-order valence-electron chi connectivity index (χ4n) is 2.22. The summed E-state index contributed by atoms with van der Waals surface area (Å²) < 4.78 is 10.4. The lowest BCUT2D eigenvalue weighted by molar-refractivity contribution is -0.160. The molecule has 0 unspecified atom stereocenters. The van der Waals surface area contributed by atoms with E-state index < -0.39 is 5.41 Å². The predicted octanol–water partition coefficient (Wildman–Crippen LogP) is 3.13. The maximum Gasteiger partial charge on any atom is 0.314 e. The average Bonchev–Trinajstić information content (AvgIpc) is 2.40. The van der Waals surface area contributed by atoms with Gasteiger partial charge in [-0.2, -0.15) is 0 Å². The first kappa shape index (κ1) is 14.5. The van der Waals surface area contributed by atoms with Gasteiger partial charge < -0.3 is 9.47 Å². The second-order valence-corrected chi connectivity index (χ2v) is 4.43. The molecule has 3 nitrogen and oxygen atoms in total. The maximum atomic E-state index is 12.0. The molecule has 0 heterocycles. The lowest BCUT2D eigenvalue weighted by Crippen LogP contribution is -2.36. The van der Waals surface area contributed by atoms with Crippen molar-refractivity contribution in [1.29, 1.82) is 0 Å². The number of methoxy groups -OCH3 is 2. The van der Waals surface area contributed by atoms with Crippen molar-refractivity contribution in [2.75, 3.05) is 14.2 Å². The van der Waals surface area contributed by atoms with Gasteiger partial charge in [0.25, 0.3) is 0 Å². The summed E-state index contributed by atoms with van der Waals surface area (Å²) in [4.78, 5) is 12.0. The van der Waals surface area contributed by atoms with Crippen molar-refractivity contribution < 1.29 is 14.3 Å². The fraction of sp³-hybridized carbons (Fsp3) is 0.400. The van der Waals surface area contributed by atoms with Gasteiger partial charge in [-0.05, 0) is 18.9 Å². The highest BCUT2D eigenvalue weighted by atomic mass is 16.5. The number of hydrogen-bond acceptors (Lipinski definition) is 3. The minimum Gasteiger partial charge on any atom is -0.469 e. The number of esters is 1. The molecule has 0 saturated carbocycles. The summed E-state index contributed by atoms with van der Waals surface area (Å²) in [6.07, 6.45) is 1.85. The van der Waals surface area contributed by atoms with Crippen molar-refractivity contribution in [2.45, 2.75) is 19.4 Å². The van der Waals surface area contributed by atoms with Crippen LogP contribution in [-0.2, 0) is 14.3 Å². The zero-order chi connectivity index (χ0) is 13.6. The zero-order valence-electron chi connectivity index (χ0n) is 11.2. The Bertz CT molecular complexity index is 399. The van der Waals surface area contributed by atoms with Crippen molar-refractivity contribution >= 4 is 5.97 Å². The zero-order valence-corrected chi connectivity index (χ0v) is 11.2. The van der Waals surface area contributed by atoms with Crippen LogP contribution in [0.4, 0.5) is 0 Å². The summed E-state index contributed by atoms with van der Waals surface area (Å²) in [6, 6.07) is 9.66. The monoisotopic (exact) mass is 248 g/mol. The Hall–Kier alpha value is -1.61. The van der Waals surface area contributed by atoms with E-state index in [2.05, 4.69) is 6.58 Å². The Kier molecular flexibility index (Phi) is 5.10. The number of benzene rings is 1. The van der Waals surface area contributed by atoms with Gasteiger partial charge in [0.05, 0.1) is 18.6 Å². The van der Waals surface area contributed by atoms with Crippen molar-refractivity contribution in [3.05, 3.63) is 48.6 Å². The second-order valence-electron chi connectivity index (χ2n) is 4.43. The molecule has 2 atom stereocenters. The third-order valence-corrected chi connectivity index (χ3v) is 3.14. The summed E-state index contributed by atoms with van der Waals surface area (Å²) in [5.41, 5.74) is 0.182. The van der Waals surface area contributed by atoms with E-state index in [4.69, 9.17) is 9.47 Å². The molecule has 0 aromatic heterocycles. The first-order valence-electron chi connectivity index (χ1n) is 5.87. The number of ether oxygens (including phenoxy) is 2. The minimum atomic E-state index is -0.771. The summed E-state index contributed by atoms with van der Waals surface area (Å²) in [7, 11) is 2.99. The highest BCUT2D eigenvalue weighted by Crippen LogP contribution is 2.40. The van der Waals surface area contributed by atoms with Crippen LogP contribution in [0.3, 0.4) is 0 Å². The highest BCUT2D eigenvalue weighted by Gasteiger charge is 2.42. The minimum absolute atomic E-state index is 0.293. The molecule has 0 fully saturated rings. The van der Waals surface area contributed by atoms with Gasteiger partial charge in [0.2, 0.25) is 0 Å². The quantitative estimate of drug-likeness (QED) is 0.573. The van der Waals surface area contributed by atoms with Crippen LogP contribution in [0.25, 0.3) is 0 Å². The summed E-state index contributed by atoms with van der Waals surface area (Å²) in [6.45, 7) is 5.54. The molecule has 1 aromatic rings. The van der Waals surface area contributed by atoms with Crippen LogP contribution in [0, 0.1) is 5.41 Å². The number of hydrogen-bond donors (Lipinski definition) is 0. The molecule has 0 bridgehead atoms. The van der Waals surface area contributed by atoms with Gasteiger partial charge in [-0.1, -0.05) is 36.4 Å². The van der Waals surface area contributed by atoms with E-state index in [1.165, 1.54) is 7.11 Å². The number of carbonyl (C=O) groups is 1. The molecular formula is C15H20O3. The van der Waals surface area contributed by atoms with E-state index in [1.807, 2.05) is 37.3 Å². The molecule has 0 aliphatic heterocycles. The summed E-state index contributed by atoms with van der Waals surface area (Å²) >= 11 is 0. The van der Waals surface area contributed by atoms with Crippen molar-refractivity contribution in [3.63, 3.8) is 0 Å². The van der Waals surface area contributed by atoms with Crippen LogP contribution in [0.5, 0.6) is 0 Å². The number of rotatable bonds is 6. The molecule has 0 amide bonds. The van der Waals surface area contributed by atoms with Crippen LogP contribution in [-0.4, -0.2) is 20.2 Å². The molecule has 0 aliphatic rings. The van der Waals surface area contributed by atoms with Crippen LogP contribution in [0.1, 0.15) is 25.0 Å². The SMILES string of the molecule is C=CC[C@](C)(C(=O)OC)[C@@H](OC)c1ccccc1. The molecule has 1 rings (SSSR count). The molecular weight excluding hydrogens is 228 g/mol. The summed E-state index contributed by atoms with van der Waals surface area (Å²) in [5, 5.41) is 0. The highest BCUT2D eigenvalue weighted by molar-refractivity contribution is 5.77. The smallest absolute Gasteiger partial charge is 0.314 e. The Balaban J connectivity index is 3.17. The number of carbonyl (C=O) groups excluding carboxylic acids is 1. The third-order valence-electron chi connectivity index (χ3n) is 3.14. The van der Waals surface area contributed by atoms with E-state index in [0.29, 0.717) is 6.42 Å². The predicted molar refractivity (Wildman–Crippen MR) is 71.1 cm³/mol. The Labute approximate surface area is 108 Å². The van der Waals surface area contributed by atoms with E-state index >= 15 is 0 Å². The molecule has 18 heavy (non-hydrogen) atoms. The first-order chi connectivity index (χ1) is 8.60. The van der Waals surface area contributed by atoms with Crippen LogP contribution in [0.2, 0.25) is 0 Å². The van der Waals surface area contributed by atoms with E-state index in [1.54, 1.807) is 13.2 Å². The van der Waals surface area contributed by atoms with Gasteiger partial charge in [0.15, 0.2) is 0 Å². The number of allylic oxidation sites excluding steroid dienone is 1. The molecule has 98 valence electrons. The molecule has 1 aromatic carbocycles. The average molecular weight is 248 g/mol. The molecule has 0 aliphatic carbocycles. The van der Waals surface area contributed by atoms with Crippen LogP contribution < -0.4 is 0 Å². The standard InChI is InChI=1S/C15H20O3/c1-5-11-15(2,14(16)18-4)13(17-3)12-9-7-6-8-10-12/h5-10,13H,1,11H2,2-4H3/t13-,15-/m0/s1. The first-order valence-corrected chi connectivity index (χ1v) is 5.87. The molecule has 0 N–H and O–H groups in total. The van der Waals surface area contributed by atoms with Crippen molar-refractivity contribution in [1.82, 2.24) is 0 Å². The van der Waals surface area contributed by atoms with Gasteiger partial charge in [-0.3, -0.25) is 4.79 Å². The topological polar surface area (TPSA) is 35.5 Å². The third kappa shape index (κ3) is 2.79. The second kappa shape index (κ2) is 6.36. The summed E-state index contributed by atoms with van der Waals surface area (Å²) in [5.74, 6) is -0.293. The van der Waals surface area contributed by atoms with E-state index in [0.717, 1.165) is 5.56 Å². The van der Waals surface area contributed by atoms with E-state index in [-0.39, 0.29) is 12.1 Å². The molecule has 0 radical (unpaired) electrons. The van der Waals surface area contributed by atoms with Crippen LogP contribution in [0.15, 0.2) is 43.0 Å². The van der Waals surface area contributed by atoms with Gasteiger partial charge in [0.1, 0.15) is 0 Å². The van der Waals surface area contributed by atoms with E-state index in [9.17, 15) is 4.79 Å². The molecule has 3 heteroatoms. The lowest BCUT2D eigenvalue weighted by atomic mass is 9.77. The van der Waals surface area contributed by atoms with Crippen LogP contribution >= 0.6 is 0 Å². The van der Waals surface area contributed by atoms with Gasteiger partial charge in [0, 0.05) is 7.11 Å². The van der Waals surface area contributed by atoms with Gasteiger partial charge in [-0.15, -0.1) is 6.58 Å². The van der Waals surface area contributed by atoms with Gasteiger partial charge in [-0.25, -0.2) is 0 Å². The lowest BCUT2D eigenvalue weighted by Gasteiger charge is -2.33. The largest absolute Gasteiger partial charge is 0.469 e. The maximum absolute atomic E-state index is 12.0. The Morgan fingerprint density at radius 2 is 2.00 bits per heavy atom. The normalized spacial score (nSPS) is 15.5. The van der Waals surface area contributed by atoms with Crippen molar-refractivity contribution in [2.24, 2.45) is 5.41 Å². The van der Waals surface area contributed by atoms with Crippen molar-refractivity contribution in [3.8, 4) is 0 Å². The van der Waals surface area contributed by atoms with Gasteiger partial charge >= 0.3 is 5.97 Å². The fourth-order valence-corrected chi connectivity index (χ4v) is 2.22. The Morgan fingerprint density at radius 1 is 1.39 bits per heavy atom. The molecule has 0 spiro atoms. The molecule has 0 saturated heterocycles.